The first kappa shape index (κ1) is 15.4. The summed E-state index contributed by atoms with van der Waals surface area (Å²) in [6.45, 7) is 0.498. The molecule has 3 aromatic rings. The minimum Gasteiger partial charge on any atom is -0.389 e. The molecule has 0 radical (unpaired) electrons. The number of rotatable bonds is 6. The van der Waals surface area contributed by atoms with Crippen LogP contribution in [0, 0.1) is 5.82 Å². The second-order valence-corrected chi connectivity index (χ2v) is 6.53. The number of hydrogen-bond acceptors (Lipinski definition) is 2. The molecule has 4 heteroatoms. The molecule has 0 amide bonds. The van der Waals surface area contributed by atoms with Crippen molar-refractivity contribution in [3.63, 3.8) is 0 Å². The van der Waals surface area contributed by atoms with Crippen LogP contribution >= 0.6 is 0 Å². The molecule has 0 saturated heterocycles. The Morgan fingerprint density at radius 1 is 1.12 bits per heavy atom. The van der Waals surface area contributed by atoms with Crippen LogP contribution in [-0.2, 0) is 0 Å². The fourth-order valence-corrected chi connectivity index (χ4v) is 3.29. The molecule has 24 heavy (non-hydrogen) atoms. The molecular weight excluding hydrogens is 303 g/mol. The number of nitrogens with one attached hydrogen (secondary N) is 1. The molecule has 1 aliphatic carbocycles. The molecule has 0 spiro atoms. The minimum absolute atomic E-state index is 0.281. The highest BCUT2D eigenvalue weighted by molar-refractivity contribution is 5.80. The Hall–Kier alpha value is -2.17. The summed E-state index contributed by atoms with van der Waals surface area (Å²) in [6, 6.07) is 16.8. The first-order valence-corrected chi connectivity index (χ1v) is 8.45. The number of aromatic nitrogens is 1. The number of halogens is 1. The van der Waals surface area contributed by atoms with E-state index in [1.54, 1.807) is 6.07 Å². The van der Waals surface area contributed by atoms with E-state index in [2.05, 4.69) is 5.32 Å². The largest absolute Gasteiger partial charge is 0.389 e. The van der Waals surface area contributed by atoms with Gasteiger partial charge in [0.1, 0.15) is 5.82 Å². The topological polar surface area (TPSA) is 37.2 Å². The average Bonchev–Trinajstić information content (AvgIpc) is 3.33. The summed E-state index contributed by atoms with van der Waals surface area (Å²) in [5.41, 5.74) is 1.82. The van der Waals surface area contributed by atoms with Crippen LogP contribution in [0.2, 0.25) is 0 Å². The van der Waals surface area contributed by atoms with E-state index < -0.39 is 6.10 Å². The minimum atomic E-state index is -0.636. The van der Waals surface area contributed by atoms with Gasteiger partial charge in [-0.15, -0.1) is 0 Å². The number of fused-ring (bicyclic) bond motifs is 1. The molecule has 124 valence electrons. The quantitative estimate of drug-likeness (QED) is 0.728. The van der Waals surface area contributed by atoms with Gasteiger partial charge in [0.15, 0.2) is 0 Å². The van der Waals surface area contributed by atoms with Crippen molar-refractivity contribution in [1.29, 1.82) is 0 Å². The highest BCUT2D eigenvalue weighted by Crippen LogP contribution is 2.29. The monoisotopic (exact) mass is 324 g/mol. The molecule has 0 aliphatic heterocycles. The SMILES string of the molecule is O[C@H](CNC1CC1)[C@H](c1cccc(F)c1)n1ccc2ccccc21. The van der Waals surface area contributed by atoms with Crippen LogP contribution in [0.3, 0.4) is 0 Å². The maximum atomic E-state index is 13.8. The van der Waals surface area contributed by atoms with E-state index in [1.165, 1.54) is 25.0 Å². The maximum Gasteiger partial charge on any atom is 0.123 e. The molecule has 1 aliphatic rings. The van der Waals surface area contributed by atoms with Crippen molar-refractivity contribution in [2.24, 2.45) is 0 Å². The summed E-state index contributed by atoms with van der Waals surface area (Å²) in [7, 11) is 0. The van der Waals surface area contributed by atoms with Gasteiger partial charge in [-0.3, -0.25) is 0 Å². The summed E-state index contributed by atoms with van der Waals surface area (Å²) in [5.74, 6) is -0.281. The van der Waals surface area contributed by atoms with Crippen molar-refractivity contribution in [1.82, 2.24) is 9.88 Å². The highest BCUT2D eigenvalue weighted by atomic mass is 19.1. The molecule has 4 rings (SSSR count). The second kappa shape index (κ2) is 6.38. The van der Waals surface area contributed by atoms with E-state index in [0.717, 1.165) is 16.5 Å². The van der Waals surface area contributed by atoms with Crippen molar-refractivity contribution in [3.8, 4) is 0 Å². The Balaban J connectivity index is 1.74. The molecule has 1 aromatic heterocycles. The van der Waals surface area contributed by atoms with Gasteiger partial charge in [-0.25, -0.2) is 4.39 Å². The smallest absolute Gasteiger partial charge is 0.123 e. The molecule has 2 aromatic carbocycles. The fraction of sp³-hybridized carbons (Fsp3) is 0.300. The van der Waals surface area contributed by atoms with E-state index in [-0.39, 0.29) is 11.9 Å². The Kier molecular flexibility index (Phi) is 4.08. The van der Waals surface area contributed by atoms with Gasteiger partial charge in [0.25, 0.3) is 0 Å². The predicted octanol–water partition coefficient (Wildman–Crippen LogP) is 3.48. The van der Waals surface area contributed by atoms with Crippen LogP contribution in [-0.4, -0.2) is 28.4 Å². The normalized spacial score (nSPS) is 17.1. The molecule has 1 heterocycles. The number of hydrogen-bond donors (Lipinski definition) is 2. The first-order chi connectivity index (χ1) is 11.7. The Morgan fingerprint density at radius 3 is 2.75 bits per heavy atom. The molecule has 3 nitrogen and oxygen atoms in total. The first-order valence-electron chi connectivity index (χ1n) is 8.45. The Labute approximate surface area is 140 Å². The van der Waals surface area contributed by atoms with E-state index >= 15 is 0 Å². The van der Waals surface area contributed by atoms with Crippen molar-refractivity contribution >= 4 is 10.9 Å². The van der Waals surface area contributed by atoms with E-state index in [4.69, 9.17) is 0 Å². The van der Waals surface area contributed by atoms with Crippen molar-refractivity contribution in [2.75, 3.05) is 6.54 Å². The van der Waals surface area contributed by atoms with Crippen molar-refractivity contribution < 1.29 is 9.50 Å². The third-order valence-corrected chi connectivity index (χ3v) is 4.68. The van der Waals surface area contributed by atoms with Gasteiger partial charge < -0.3 is 15.0 Å². The summed E-state index contributed by atoms with van der Waals surface area (Å²) >= 11 is 0. The lowest BCUT2D eigenvalue weighted by Crippen LogP contribution is -2.35. The van der Waals surface area contributed by atoms with Gasteiger partial charge in [-0.2, -0.15) is 0 Å². The lowest BCUT2D eigenvalue weighted by molar-refractivity contribution is 0.129. The standard InChI is InChI=1S/C20H21FN2O/c21-16-6-3-5-15(12-16)20(19(24)13-22-17-8-9-17)23-11-10-14-4-1-2-7-18(14)23/h1-7,10-12,17,19-20,22,24H,8-9,13H2/t19-,20+/m1/s1. The molecule has 1 saturated carbocycles. The average molecular weight is 324 g/mol. The number of aliphatic hydroxyl groups excluding tert-OH is 1. The van der Waals surface area contributed by atoms with Gasteiger partial charge >= 0.3 is 0 Å². The number of nitrogens with zero attached hydrogens (tertiary/aromatic N) is 1. The van der Waals surface area contributed by atoms with Gasteiger partial charge in [-0.1, -0.05) is 30.3 Å². The molecule has 2 atom stereocenters. The molecular formula is C20H21FN2O. The van der Waals surface area contributed by atoms with E-state index in [9.17, 15) is 9.50 Å². The predicted molar refractivity (Wildman–Crippen MR) is 93.5 cm³/mol. The van der Waals surface area contributed by atoms with Crippen LogP contribution in [0.1, 0.15) is 24.4 Å². The van der Waals surface area contributed by atoms with Gasteiger partial charge in [-0.05, 0) is 48.1 Å². The third-order valence-electron chi connectivity index (χ3n) is 4.68. The Morgan fingerprint density at radius 2 is 1.96 bits per heavy atom. The van der Waals surface area contributed by atoms with E-state index in [0.29, 0.717) is 12.6 Å². The number of para-hydroxylation sites is 1. The summed E-state index contributed by atoms with van der Waals surface area (Å²) in [4.78, 5) is 0. The highest BCUT2D eigenvalue weighted by Gasteiger charge is 2.27. The zero-order chi connectivity index (χ0) is 16.5. The lowest BCUT2D eigenvalue weighted by atomic mass is 10.0. The summed E-state index contributed by atoms with van der Waals surface area (Å²) < 4.78 is 15.8. The molecule has 1 fully saturated rings. The fourth-order valence-electron chi connectivity index (χ4n) is 3.29. The Bertz CT molecular complexity index is 840. The number of aliphatic hydroxyl groups is 1. The van der Waals surface area contributed by atoms with Gasteiger partial charge in [0, 0.05) is 24.3 Å². The zero-order valence-corrected chi connectivity index (χ0v) is 13.4. The van der Waals surface area contributed by atoms with Crippen LogP contribution < -0.4 is 5.32 Å². The molecule has 0 bridgehead atoms. The van der Waals surface area contributed by atoms with Crippen molar-refractivity contribution in [3.05, 3.63) is 72.2 Å². The van der Waals surface area contributed by atoms with Gasteiger partial charge in [0.2, 0.25) is 0 Å². The second-order valence-electron chi connectivity index (χ2n) is 6.53. The van der Waals surface area contributed by atoms with Crippen LogP contribution in [0.5, 0.6) is 0 Å². The van der Waals surface area contributed by atoms with Crippen LogP contribution in [0.4, 0.5) is 4.39 Å². The van der Waals surface area contributed by atoms with Crippen LogP contribution in [0.15, 0.2) is 60.8 Å². The molecule has 2 N–H and O–H groups in total. The van der Waals surface area contributed by atoms with Crippen molar-refractivity contribution in [2.45, 2.75) is 31.0 Å². The third kappa shape index (κ3) is 3.07. The molecule has 0 unspecified atom stereocenters. The lowest BCUT2D eigenvalue weighted by Gasteiger charge is -2.26. The van der Waals surface area contributed by atoms with Gasteiger partial charge in [0.05, 0.1) is 12.1 Å². The zero-order valence-electron chi connectivity index (χ0n) is 13.4. The summed E-state index contributed by atoms with van der Waals surface area (Å²) in [6.07, 6.45) is 3.68. The number of benzene rings is 2. The summed E-state index contributed by atoms with van der Waals surface area (Å²) in [5, 5.41) is 15.3. The van der Waals surface area contributed by atoms with Crippen LogP contribution in [0.25, 0.3) is 10.9 Å². The maximum absolute atomic E-state index is 13.8. The van der Waals surface area contributed by atoms with E-state index in [1.807, 2.05) is 47.2 Å².